The molecule has 0 fully saturated rings. The summed E-state index contributed by atoms with van der Waals surface area (Å²) in [5, 5.41) is 1.64. The largest absolute Gasteiger partial charge is 0.206 e. The Labute approximate surface area is 117 Å². The Morgan fingerprint density at radius 1 is 1.00 bits per heavy atom. The SMILES string of the molecule is Fc1cc(CBr)ccc1-c1cc(Cl)ccc1Cl. The fourth-order valence-electron chi connectivity index (χ4n) is 1.56. The van der Waals surface area contributed by atoms with Crippen molar-refractivity contribution in [3.63, 3.8) is 0 Å². The molecule has 0 aliphatic heterocycles. The Hall–Kier alpha value is -0.570. The second kappa shape index (κ2) is 5.38. The third-order valence-electron chi connectivity index (χ3n) is 2.41. The van der Waals surface area contributed by atoms with Gasteiger partial charge in [0.25, 0.3) is 0 Å². The van der Waals surface area contributed by atoms with E-state index in [4.69, 9.17) is 23.2 Å². The van der Waals surface area contributed by atoms with Crippen molar-refractivity contribution in [2.45, 2.75) is 5.33 Å². The van der Waals surface area contributed by atoms with E-state index in [0.29, 0.717) is 26.5 Å². The summed E-state index contributed by atoms with van der Waals surface area (Å²) in [6.45, 7) is 0. The highest BCUT2D eigenvalue weighted by molar-refractivity contribution is 9.08. The Balaban J connectivity index is 2.56. The summed E-state index contributed by atoms with van der Waals surface area (Å²) in [7, 11) is 0. The molecule has 0 atom stereocenters. The minimum atomic E-state index is -0.300. The first-order valence-corrected chi connectivity index (χ1v) is 6.79. The van der Waals surface area contributed by atoms with Crippen molar-refractivity contribution < 1.29 is 4.39 Å². The summed E-state index contributed by atoms with van der Waals surface area (Å²) >= 11 is 15.2. The Morgan fingerprint density at radius 3 is 2.41 bits per heavy atom. The normalized spacial score (nSPS) is 10.6. The van der Waals surface area contributed by atoms with Gasteiger partial charge in [0, 0.05) is 26.5 Å². The lowest BCUT2D eigenvalue weighted by Gasteiger charge is -2.07. The van der Waals surface area contributed by atoms with E-state index in [-0.39, 0.29) is 5.82 Å². The van der Waals surface area contributed by atoms with Gasteiger partial charge in [-0.2, -0.15) is 0 Å². The second-order valence-electron chi connectivity index (χ2n) is 3.57. The average molecular weight is 334 g/mol. The van der Waals surface area contributed by atoms with Crippen molar-refractivity contribution in [2.75, 3.05) is 0 Å². The number of benzene rings is 2. The molecule has 88 valence electrons. The summed E-state index contributed by atoms with van der Waals surface area (Å²) in [6.07, 6.45) is 0. The molecule has 4 heteroatoms. The fraction of sp³-hybridized carbons (Fsp3) is 0.0769. The van der Waals surface area contributed by atoms with Gasteiger partial charge in [0.2, 0.25) is 0 Å². The molecule has 17 heavy (non-hydrogen) atoms. The summed E-state index contributed by atoms with van der Waals surface area (Å²) in [5.41, 5.74) is 1.95. The van der Waals surface area contributed by atoms with E-state index in [9.17, 15) is 4.39 Å². The van der Waals surface area contributed by atoms with E-state index in [1.165, 1.54) is 6.07 Å². The molecule has 0 radical (unpaired) electrons. The van der Waals surface area contributed by atoms with E-state index >= 15 is 0 Å². The topological polar surface area (TPSA) is 0 Å². The van der Waals surface area contributed by atoms with Gasteiger partial charge >= 0.3 is 0 Å². The van der Waals surface area contributed by atoms with Crippen molar-refractivity contribution in [3.05, 3.63) is 57.8 Å². The van der Waals surface area contributed by atoms with Gasteiger partial charge in [-0.05, 0) is 29.8 Å². The van der Waals surface area contributed by atoms with Crippen LogP contribution in [0.5, 0.6) is 0 Å². The van der Waals surface area contributed by atoms with Crippen LogP contribution < -0.4 is 0 Å². The van der Waals surface area contributed by atoms with Gasteiger partial charge in [-0.3, -0.25) is 0 Å². The van der Waals surface area contributed by atoms with E-state index in [2.05, 4.69) is 15.9 Å². The first-order valence-electron chi connectivity index (χ1n) is 4.91. The zero-order valence-electron chi connectivity index (χ0n) is 8.68. The molecule has 2 rings (SSSR count). The molecular formula is C13H8BrCl2F. The van der Waals surface area contributed by atoms with Gasteiger partial charge < -0.3 is 0 Å². The first kappa shape index (κ1) is 12.9. The fourth-order valence-corrected chi connectivity index (χ4v) is 2.30. The molecule has 0 aromatic heterocycles. The Morgan fingerprint density at radius 2 is 1.76 bits per heavy atom. The van der Waals surface area contributed by atoms with Gasteiger partial charge in [0.1, 0.15) is 5.82 Å². The predicted molar refractivity (Wildman–Crippen MR) is 74.5 cm³/mol. The number of hydrogen-bond donors (Lipinski definition) is 0. The van der Waals surface area contributed by atoms with Gasteiger partial charge in [0.05, 0.1) is 0 Å². The second-order valence-corrected chi connectivity index (χ2v) is 4.98. The Kier molecular flexibility index (Phi) is 4.08. The molecule has 0 unspecified atom stereocenters. The van der Waals surface area contributed by atoms with Crippen LogP contribution >= 0.6 is 39.1 Å². The molecule has 0 nitrogen and oxygen atoms in total. The van der Waals surface area contributed by atoms with Gasteiger partial charge in [-0.25, -0.2) is 4.39 Å². The molecule has 0 spiro atoms. The Bertz CT molecular complexity index is 555. The predicted octanol–water partition coefficient (Wildman–Crippen LogP) is 5.69. The van der Waals surface area contributed by atoms with Crippen LogP contribution in [-0.4, -0.2) is 0 Å². The van der Waals surface area contributed by atoms with Crippen LogP contribution in [0.1, 0.15) is 5.56 Å². The van der Waals surface area contributed by atoms with Crippen LogP contribution in [0.3, 0.4) is 0 Å². The van der Waals surface area contributed by atoms with Gasteiger partial charge in [-0.1, -0.05) is 51.3 Å². The number of halogens is 4. The quantitative estimate of drug-likeness (QED) is 0.619. The number of alkyl halides is 1. The van der Waals surface area contributed by atoms with Crippen LogP contribution in [-0.2, 0) is 5.33 Å². The lowest BCUT2D eigenvalue weighted by atomic mass is 10.0. The third-order valence-corrected chi connectivity index (χ3v) is 3.62. The molecule has 0 aliphatic carbocycles. The third kappa shape index (κ3) is 2.82. The maximum atomic E-state index is 13.9. The zero-order valence-corrected chi connectivity index (χ0v) is 11.8. The first-order chi connectivity index (χ1) is 8.11. The van der Waals surface area contributed by atoms with E-state index < -0.39 is 0 Å². The maximum absolute atomic E-state index is 13.9. The van der Waals surface area contributed by atoms with Crippen molar-refractivity contribution in [1.29, 1.82) is 0 Å². The molecular weight excluding hydrogens is 326 g/mol. The average Bonchev–Trinajstić information content (AvgIpc) is 2.32. The summed E-state index contributed by atoms with van der Waals surface area (Å²) in [4.78, 5) is 0. The summed E-state index contributed by atoms with van der Waals surface area (Å²) in [6, 6.07) is 10.1. The van der Waals surface area contributed by atoms with Crippen molar-refractivity contribution in [1.82, 2.24) is 0 Å². The van der Waals surface area contributed by atoms with Gasteiger partial charge in [0.15, 0.2) is 0 Å². The smallest absolute Gasteiger partial charge is 0.131 e. The highest BCUT2D eigenvalue weighted by Gasteiger charge is 2.10. The van der Waals surface area contributed by atoms with Crippen LogP contribution in [0.4, 0.5) is 4.39 Å². The summed E-state index contributed by atoms with van der Waals surface area (Å²) < 4.78 is 13.9. The number of hydrogen-bond acceptors (Lipinski definition) is 0. The van der Waals surface area contributed by atoms with E-state index in [0.717, 1.165) is 5.56 Å². The zero-order chi connectivity index (χ0) is 12.4. The highest BCUT2D eigenvalue weighted by Crippen LogP contribution is 2.32. The van der Waals surface area contributed by atoms with Gasteiger partial charge in [-0.15, -0.1) is 0 Å². The molecule has 0 amide bonds. The van der Waals surface area contributed by atoms with Crippen LogP contribution in [0.25, 0.3) is 11.1 Å². The van der Waals surface area contributed by atoms with Crippen LogP contribution in [0.2, 0.25) is 10.0 Å². The molecule has 2 aromatic carbocycles. The molecule has 0 saturated carbocycles. The monoisotopic (exact) mass is 332 g/mol. The standard InChI is InChI=1S/C13H8BrCl2F/c14-7-8-1-3-10(13(17)5-8)11-6-9(15)2-4-12(11)16/h1-6H,7H2. The molecule has 0 aliphatic rings. The highest BCUT2D eigenvalue weighted by atomic mass is 79.9. The molecule has 0 bridgehead atoms. The maximum Gasteiger partial charge on any atom is 0.131 e. The molecule has 0 heterocycles. The lowest BCUT2D eigenvalue weighted by molar-refractivity contribution is 0.630. The number of rotatable bonds is 2. The molecule has 0 N–H and O–H groups in total. The van der Waals surface area contributed by atoms with E-state index in [1.54, 1.807) is 24.3 Å². The lowest BCUT2D eigenvalue weighted by Crippen LogP contribution is -1.88. The van der Waals surface area contributed by atoms with Crippen molar-refractivity contribution in [3.8, 4) is 11.1 Å². The van der Waals surface area contributed by atoms with Crippen molar-refractivity contribution >= 4 is 39.1 Å². The minimum absolute atomic E-state index is 0.300. The van der Waals surface area contributed by atoms with Crippen LogP contribution in [0, 0.1) is 5.82 Å². The molecule has 0 saturated heterocycles. The van der Waals surface area contributed by atoms with E-state index in [1.807, 2.05) is 6.07 Å². The molecule has 2 aromatic rings. The van der Waals surface area contributed by atoms with Crippen LogP contribution in [0.15, 0.2) is 36.4 Å². The minimum Gasteiger partial charge on any atom is -0.206 e. The van der Waals surface area contributed by atoms with Crippen molar-refractivity contribution in [2.24, 2.45) is 0 Å². The summed E-state index contributed by atoms with van der Waals surface area (Å²) in [5.74, 6) is -0.300.